The van der Waals surface area contributed by atoms with E-state index in [1.807, 2.05) is 0 Å². The van der Waals surface area contributed by atoms with E-state index in [1.54, 1.807) is 12.1 Å². The van der Waals surface area contributed by atoms with Crippen LogP contribution in [-0.2, 0) is 6.42 Å². The van der Waals surface area contributed by atoms with E-state index in [4.69, 9.17) is 11.2 Å². The monoisotopic (exact) mass is 205 g/mol. The second-order valence-electron chi connectivity index (χ2n) is 2.97. The predicted octanol–water partition coefficient (Wildman–Crippen LogP) is 2.17. The summed E-state index contributed by atoms with van der Waals surface area (Å²) in [4.78, 5) is 10.1. The third-order valence-electron chi connectivity index (χ3n) is 2.00. The van der Waals surface area contributed by atoms with Gasteiger partial charge < -0.3 is 4.74 Å². The number of methoxy groups -OCH3 is 1. The molecule has 0 N–H and O–H groups in total. The van der Waals surface area contributed by atoms with Crippen molar-refractivity contribution in [3.05, 3.63) is 33.9 Å². The molecule has 0 bridgehead atoms. The lowest BCUT2D eigenvalue weighted by Gasteiger charge is -2.03. The van der Waals surface area contributed by atoms with Crippen molar-refractivity contribution in [1.82, 2.24) is 0 Å². The van der Waals surface area contributed by atoms with Crippen LogP contribution in [0.4, 0.5) is 5.69 Å². The van der Waals surface area contributed by atoms with Gasteiger partial charge in [0.05, 0.1) is 12.0 Å². The van der Waals surface area contributed by atoms with E-state index < -0.39 is 4.92 Å². The topological polar surface area (TPSA) is 52.4 Å². The molecule has 0 aliphatic carbocycles. The van der Waals surface area contributed by atoms with E-state index in [9.17, 15) is 10.1 Å². The van der Waals surface area contributed by atoms with E-state index in [1.165, 1.54) is 13.2 Å². The van der Waals surface area contributed by atoms with Gasteiger partial charge in [-0.05, 0) is 18.1 Å². The zero-order chi connectivity index (χ0) is 11.3. The Kier molecular flexibility index (Phi) is 3.69. The molecule has 1 aromatic carbocycles. The first-order valence-corrected chi connectivity index (χ1v) is 4.43. The van der Waals surface area contributed by atoms with E-state index in [2.05, 4.69) is 5.92 Å². The number of benzene rings is 1. The highest BCUT2D eigenvalue weighted by molar-refractivity contribution is 5.48. The lowest BCUT2D eigenvalue weighted by Crippen LogP contribution is -1.95. The van der Waals surface area contributed by atoms with Gasteiger partial charge in [-0.1, -0.05) is 6.07 Å². The number of hydrogen-bond acceptors (Lipinski definition) is 3. The second-order valence-corrected chi connectivity index (χ2v) is 2.97. The van der Waals surface area contributed by atoms with Gasteiger partial charge in [0.15, 0.2) is 5.75 Å². The van der Waals surface area contributed by atoms with Crippen LogP contribution in [0, 0.1) is 22.5 Å². The highest BCUT2D eigenvalue weighted by atomic mass is 16.6. The van der Waals surface area contributed by atoms with Crippen LogP contribution in [0.15, 0.2) is 18.2 Å². The molecule has 0 fully saturated rings. The van der Waals surface area contributed by atoms with Gasteiger partial charge in [-0.25, -0.2) is 0 Å². The van der Waals surface area contributed by atoms with Crippen molar-refractivity contribution < 1.29 is 9.66 Å². The minimum atomic E-state index is -0.468. The number of aryl methyl sites for hydroxylation is 1. The SMILES string of the molecule is C#CCCc1ccc([N+](=O)[O-])c(OC)c1. The molecular weight excluding hydrogens is 194 g/mol. The summed E-state index contributed by atoms with van der Waals surface area (Å²) in [6.07, 6.45) is 6.45. The van der Waals surface area contributed by atoms with Crippen LogP contribution in [0.2, 0.25) is 0 Å². The van der Waals surface area contributed by atoms with Gasteiger partial charge in [-0.2, -0.15) is 0 Å². The molecule has 0 aliphatic heterocycles. The molecule has 15 heavy (non-hydrogen) atoms. The van der Waals surface area contributed by atoms with Gasteiger partial charge >= 0.3 is 5.69 Å². The van der Waals surface area contributed by atoms with Crippen LogP contribution in [0.1, 0.15) is 12.0 Å². The maximum Gasteiger partial charge on any atom is 0.310 e. The molecule has 1 rings (SSSR count). The molecule has 0 saturated heterocycles. The molecule has 0 heterocycles. The number of hydrogen-bond donors (Lipinski definition) is 0. The van der Waals surface area contributed by atoms with Gasteiger partial charge in [0.25, 0.3) is 0 Å². The first kappa shape index (κ1) is 11.1. The second kappa shape index (κ2) is 5.01. The van der Waals surface area contributed by atoms with E-state index in [-0.39, 0.29) is 11.4 Å². The maximum atomic E-state index is 10.6. The number of ether oxygens (including phenoxy) is 1. The molecule has 4 nitrogen and oxygen atoms in total. The van der Waals surface area contributed by atoms with E-state index in [0.29, 0.717) is 12.8 Å². The Bertz CT molecular complexity index is 407. The van der Waals surface area contributed by atoms with Crippen molar-refractivity contribution in [1.29, 1.82) is 0 Å². The summed E-state index contributed by atoms with van der Waals surface area (Å²) in [5, 5.41) is 10.6. The Morgan fingerprint density at radius 2 is 2.33 bits per heavy atom. The Hall–Kier alpha value is -2.02. The van der Waals surface area contributed by atoms with Gasteiger partial charge in [0.2, 0.25) is 0 Å². The normalized spacial score (nSPS) is 9.33. The first-order valence-electron chi connectivity index (χ1n) is 4.43. The average molecular weight is 205 g/mol. The zero-order valence-corrected chi connectivity index (χ0v) is 8.40. The molecule has 0 amide bonds. The Morgan fingerprint density at radius 3 is 2.87 bits per heavy atom. The highest BCUT2D eigenvalue weighted by Crippen LogP contribution is 2.27. The quantitative estimate of drug-likeness (QED) is 0.430. The molecule has 0 unspecified atom stereocenters. The van der Waals surface area contributed by atoms with Crippen molar-refractivity contribution >= 4 is 5.69 Å². The minimum Gasteiger partial charge on any atom is -0.490 e. The third-order valence-corrected chi connectivity index (χ3v) is 2.00. The highest BCUT2D eigenvalue weighted by Gasteiger charge is 2.14. The molecular formula is C11H11NO3. The zero-order valence-electron chi connectivity index (χ0n) is 8.40. The molecule has 4 heteroatoms. The number of terminal acetylenes is 1. The van der Waals surface area contributed by atoms with Crippen molar-refractivity contribution in [3.63, 3.8) is 0 Å². The van der Waals surface area contributed by atoms with Gasteiger partial charge in [-0.15, -0.1) is 12.3 Å². The number of nitro benzene ring substituents is 1. The van der Waals surface area contributed by atoms with E-state index in [0.717, 1.165) is 5.56 Å². The number of nitro groups is 1. The van der Waals surface area contributed by atoms with Gasteiger partial charge in [0, 0.05) is 12.5 Å². The summed E-state index contributed by atoms with van der Waals surface area (Å²) in [5.74, 6) is 2.79. The largest absolute Gasteiger partial charge is 0.490 e. The van der Waals surface area contributed by atoms with Crippen molar-refractivity contribution in [2.75, 3.05) is 7.11 Å². The number of nitrogens with zero attached hydrogens (tertiary/aromatic N) is 1. The van der Waals surface area contributed by atoms with Crippen molar-refractivity contribution in [2.45, 2.75) is 12.8 Å². The van der Waals surface area contributed by atoms with Gasteiger partial charge in [0.1, 0.15) is 0 Å². The van der Waals surface area contributed by atoms with Gasteiger partial charge in [-0.3, -0.25) is 10.1 Å². The van der Waals surface area contributed by atoms with Crippen LogP contribution in [0.5, 0.6) is 5.75 Å². The molecule has 0 saturated carbocycles. The van der Waals surface area contributed by atoms with Crippen LogP contribution in [0.3, 0.4) is 0 Å². The minimum absolute atomic E-state index is 0.0260. The smallest absolute Gasteiger partial charge is 0.310 e. The standard InChI is InChI=1S/C11H11NO3/c1-3-4-5-9-6-7-10(12(13)14)11(8-9)15-2/h1,6-8H,4-5H2,2H3. The fraction of sp³-hybridized carbons (Fsp3) is 0.273. The Balaban J connectivity index is 2.98. The summed E-state index contributed by atoms with van der Waals surface area (Å²) in [7, 11) is 1.41. The lowest BCUT2D eigenvalue weighted by molar-refractivity contribution is -0.385. The van der Waals surface area contributed by atoms with Crippen LogP contribution in [-0.4, -0.2) is 12.0 Å². The summed E-state index contributed by atoms with van der Waals surface area (Å²) in [6.45, 7) is 0. The van der Waals surface area contributed by atoms with Crippen LogP contribution < -0.4 is 4.74 Å². The molecule has 0 spiro atoms. The molecule has 1 aromatic rings. The molecule has 0 atom stereocenters. The number of rotatable bonds is 4. The Labute approximate surface area is 88.0 Å². The molecule has 0 aliphatic rings. The summed E-state index contributed by atoms with van der Waals surface area (Å²) in [5.41, 5.74) is 0.914. The summed E-state index contributed by atoms with van der Waals surface area (Å²) >= 11 is 0. The van der Waals surface area contributed by atoms with Crippen LogP contribution in [0.25, 0.3) is 0 Å². The van der Waals surface area contributed by atoms with E-state index >= 15 is 0 Å². The Morgan fingerprint density at radius 1 is 1.60 bits per heavy atom. The third kappa shape index (κ3) is 2.71. The fourth-order valence-corrected chi connectivity index (χ4v) is 1.24. The predicted molar refractivity (Wildman–Crippen MR) is 56.8 cm³/mol. The molecule has 0 radical (unpaired) electrons. The molecule has 0 aromatic heterocycles. The maximum absolute atomic E-state index is 10.6. The molecule has 78 valence electrons. The average Bonchev–Trinajstić information content (AvgIpc) is 2.25. The summed E-state index contributed by atoms with van der Waals surface area (Å²) < 4.78 is 4.93. The van der Waals surface area contributed by atoms with Crippen LogP contribution >= 0.6 is 0 Å². The first-order chi connectivity index (χ1) is 7.19. The van der Waals surface area contributed by atoms with Crippen molar-refractivity contribution in [3.8, 4) is 18.1 Å². The lowest BCUT2D eigenvalue weighted by atomic mass is 10.1. The summed E-state index contributed by atoms with van der Waals surface area (Å²) in [6, 6.07) is 4.78. The van der Waals surface area contributed by atoms with Crippen molar-refractivity contribution in [2.24, 2.45) is 0 Å². The fourth-order valence-electron chi connectivity index (χ4n) is 1.24.